The molecule has 1 aliphatic heterocycles. The molecule has 7 nitrogen and oxygen atoms in total. The van der Waals surface area contributed by atoms with Gasteiger partial charge in [0, 0.05) is 19.3 Å². The molecule has 2 heterocycles. The highest BCUT2D eigenvalue weighted by molar-refractivity contribution is 5.72. The lowest BCUT2D eigenvalue weighted by Crippen LogP contribution is -2.42. The number of aromatic hydroxyl groups is 1. The van der Waals surface area contributed by atoms with Crippen molar-refractivity contribution in [1.29, 1.82) is 0 Å². The number of pyridine rings is 1. The van der Waals surface area contributed by atoms with Crippen molar-refractivity contribution in [3.05, 3.63) is 63.3 Å². The number of aryl methyl sites for hydroxylation is 1. The van der Waals surface area contributed by atoms with Crippen LogP contribution in [0.1, 0.15) is 42.6 Å². The zero-order valence-corrected chi connectivity index (χ0v) is 18.8. The molecule has 174 valence electrons. The van der Waals surface area contributed by atoms with Gasteiger partial charge in [-0.05, 0) is 63.5 Å². The van der Waals surface area contributed by atoms with E-state index >= 15 is 0 Å². The van der Waals surface area contributed by atoms with Gasteiger partial charge in [-0.3, -0.25) is 14.5 Å². The monoisotopic (exact) mass is 446 g/mol. The molecular formula is C24H31FN2O5. The molecule has 3 rings (SSSR count). The van der Waals surface area contributed by atoms with E-state index in [-0.39, 0.29) is 28.8 Å². The van der Waals surface area contributed by atoms with Crippen LogP contribution >= 0.6 is 0 Å². The van der Waals surface area contributed by atoms with E-state index in [9.17, 15) is 19.1 Å². The second-order valence-electron chi connectivity index (χ2n) is 8.05. The molecular weight excluding hydrogens is 415 g/mol. The second kappa shape index (κ2) is 10.7. The summed E-state index contributed by atoms with van der Waals surface area (Å²) in [5.74, 6) is -0.956. The van der Waals surface area contributed by atoms with Crippen molar-refractivity contribution in [2.45, 2.75) is 39.3 Å². The number of piperidine rings is 1. The van der Waals surface area contributed by atoms with Crippen molar-refractivity contribution in [2.75, 3.05) is 33.4 Å². The fourth-order valence-electron chi connectivity index (χ4n) is 4.38. The van der Waals surface area contributed by atoms with Crippen LogP contribution in [0.15, 0.2) is 35.1 Å². The summed E-state index contributed by atoms with van der Waals surface area (Å²) < 4.78 is 26.0. The van der Waals surface area contributed by atoms with Crippen molar-refractivity contribution in [3.8, 4) is 5.75 Å². The minimum absolute atomic E-state index is 0.122. The number of hydrogen-bond acceptors (Lipinski definition) is 6. The fourth-order valence-corrected chi connectivity index (χ4v) is 4.38. The summed E-state index contributed by atoms with van der Waals surface area (Å²) in [6.07, 6.45) is 1.13. The molecule has 1 aromatic heterocycles. The van der Waals surface area contributed by atoms with E-state index in [0.717, 1.165) is 0 Å². The third-order valence-corrected chi connectivity index (χ3v) is 5.99. The molecule has 1 aromatic carbocycles. The number of nitrogens with zero attached hydrogens (tertiary/aromatic N) is 2. The Bertz CT molecular complexity index is 998. The van der Waals surface area contributed by atoms with Crippen LogP contribution in [0.2, 0.25) is 0 Å². The van der Waals surface area contributed by atoms with Gasteiger partial charge in [0.25, 0.3) is 5.56 Å². The van der Waals surface area contributed by atoms with E-state index in [0.29, 0.717) is 56.9 Å². The number of halogens is 1. The molecule has 1 aliphatic rings. The Morgan fingerprint density at radius 2 is 2.00 bits per heavy atom. The Morgan fingerprint density at radius 1 is 1.28 bits per heavy atom. The van der Waals surface area contributed by atoms with Gasteiger partial charge in [0.15, 0.2) is 0 Å². The molecule has 0 amide bonds. The minimum Gasteiger partial charge on any atom is -0.507 e. The van der Waals surface area contributed by atoms with Crippen LogP contribution in [0.5, 0.6) is 5.75 Å². The summed E-state index contributed by atoms with van der Waals surface area (Å²) in [6, 6.07) is 7.00. The highest BCUT2D eigenvalue weighted by Gasteiger charge is 2.34. The molecule has 1 N–H and O–H groups in total. The number of carbonyl (C=O) groups is 1. The van der Waals surface area contributed by atoms with E-state index in [2.05, 4.69) is 0 Å². The molecule has 0 bridgehead atoms. The molecule has 1 saturated heterocycles. The summed E-state index contributed by atoms with van der Waals surface area (Å²) in [7, 11) is 1.56. The summed E-state index contributed by atoms with van der Waals surface area (Å²) in [6.45, 7) is 5.58. The van der Waals surface area contributed by atoms with Crippen molar-refractivity contribution < 1.29 is 23.8 Å². The first-order chi connectivity index (χ1) is 15.4. The predicted octanol–water partition coefficient (Wildman–Crippen LogP) is 3.01. The van der Waals surface area contributed by atoms with Crippen molar-refractivity contribution in [1.82, 2.24) is 9.47 Å². The predicted molar refractivity (Wildman–Crippen MR) is 118 cm³/mol. The number of likely N-dealkylation sites (tertiary alicyclic amines) is 1. The minimum atomic E-state index is -0.643. The van der Waals surface area contributed by atoms with Crippen LogP contribution in [-0.2, 0) is 20.8 Å². The van der Waals surface area contributed by atoms with Crippen LogP contribution in [0, 0.1) is 18.7 Å². The summed E-state index contributed by atoms with van der Waals surface area (Å²) in [5.41, 5.74) is 1.06. The largest absolute Gasteiger partial charge is 0.507 e. The third kappa shape index (κ3) is 5.19. The van der Waals surface area contributed by atoms with Gasteiger partial charge in [0.2, 0.25) is 0 Å². The number of hydrogen-bond donors (Lipinski definition) is 1. The number of carbonyl (C=O) groups excluding carboxylic acids is 1. The normalized spacial score (nSPS) is 16.1. The first-order valence-corrected chi connectivity index (χ1v) is 11.0. The SMILES string of the molecule is CCOC(=O)C1CCN([C@@H](c2cccc(F)c2)c2c(O)cc(C)n(CCOC)c2=O)CC1. The standard InChI is InChI=1S/C24H31FN2O5/c1-4-32-24(30)17-8-10-26(11-9-17)22(18-6-5-7-19(25)15-18)21-20(28)14-16(2)27(23(21)29)12-13-31-3/h5-7,14-15,17,22,28H,4,8-13H2,1-3H3/t22-/m0/s1. The lowest BCUT2D eigenvalue weighted by molar-refractivity contribution is -0.149. The number of methoxy groups -OCH3 is 1. The number of ether oxygens (including phenoxy) is 2. The maximum atomic E-state index is 14.1. The molecule has 32 heavy (non-hydrogen) atoms. The van der Waals surface area contributed by atoms with Gasteiger partial charge >= 0.3 is 5.97 Å². The van der Waals surface area contributed by atoms with Gasteiger partial charge in [-0.1, -0.05) is 12.1 Å². The molecule has 0 unspecified atom stereocenters. The molecule has 0 saturated carbocycles. The smallest absolute Gasteiger partial charge is 0.309 e. The van der Waals surface area contributed by atoms with Crippen molar-refractivity contribution in [3.63, 3.8) is 0 Å². The van der Waals surface area contributed by atoms with Crippen LogP contribution < -0.4 is 5.56 Å². The molecule has 0 radical (unpaired) electrons. The molecule has 2 aromatic rings. The lowest BCUT2D eigenvalue weighted by Gasteiger charge is -2.37. The van der Waals surface area contributed by atoms with Gasteiger partial charge < -0.3 is 19.1 Å². The second-order valence-corrected chi connectivity index (χ2v) is 8.05. The Morgan fingerprint density at radius 3 is 2.62 bits per heavy atom. The van der Waals surface area contributed by atoms with Crippen LogP contribution in [0.25, 0.3) is 0 Å². The van der Waals surface area contributed by atoms with Crippen molar-refractivity contribution >= 4 is 5.97 Å². The van der Waals surface area contributed by atoms with E-state index < -0.39 is 11.9 Å². The van der Waals surface area contributed by atoms with Crippen LogP contribution in [0.3, 0.4) is 0 Å². The topological polar surface area (TPSA) is 81.0 Å². The van der Waals surface area contributed by atoms with Gasteiger partial charge in [-0.15, -0.1) is 0 Å². The number of rotatable bonds is 8. The average molecular weight is 447 g/mol. The highest BCUT2D eigenvalue weighted by Crippen LogP contribution is 2.35. The van der Waals surface area contributed by atoms with Gasteiger partial charge in [0.05, 0.1) is 30.7 Å². The first kappa shape index (κ1) is 23.9. The Labute approximate surface area is 187 Å². The van der Waals surface area contributed by atoms with E-state index in [1.807, 2.05) is 4.90 Å². The number of benzene rings is 1. The fraction of sp³-hybridized carbons (Fsp3) is 0.500. The molecule has 0 spiro atoms. The quantitative estimate of drug-likeness (QED) is 0.628. The lowest BCUT2D eigenvalue weighted by atomic mass is 9.91. The van der Waals surface area contributed by atoms with Crippen molar-refractivity contribution in [2.24, 2.45) is 5.92 Å². The summed E-state index contributed by atoms with van der Waals surface area (Å²) in [5, 5.41) is 10.8. The van der Waals surface area contributed by atoms with Crippen LogP contribution in [0.4, 0.5) is 4.39 Å². The molecule has 1 atom stereocenters. The Kier molecular flexibility index (Phi) is 8.04. The maximum absolute atomic E-state index is 14.1. The zero-order chi connectivity index (χ0) is 23.3. The summed E-state index contributed by atoms with van der Waals surface area (Å²) in [4.78, 5) is 27.6. The first-order valence-electron chi connectivity index (χ1n) is 11.0. The average Bonchev–Trinajstić information content (AvgIpc) is 2.77. The summed E-state index contributed by atoms with van der Waals surface area (Å²) >= 11 is 0. The zero-order valence-electron chi connectivity index (χ0n) is 18.8. The molecule has 0 aliphatic carbocycles. The third-order valence-electron chi connectivity index (χ3n) is 5.99. The van der Waals surface area contributed by atoms with Gasteiger partial charge in [-0.2, -0.15) is 0 Å². The maximum Gasteiger partial charge on any atom is 0.309 e. The Balaban J connectivity index is 2.02. The Hall–Kier alpha value is -2.71. The molecule has 8 heteroatoms. The van der Waals surface area contributed by atoms with E-state index in [4.69, 9.17) is 9.47 Å². The van der Waals surface area contributed by atoms with Gasteiger partial charge in [-0.25, -0.2) is 4.39 Å². The number of aromatic nitrogens is 1. The number of esters is 1. The molecule has 1 fully saturated rings. The van der Waals surface area contributed by atoms with Crippen LogP contribution in [-0.4, -0.2) is 54.0 Å². The van der Waals surface area contributed by atoms with Gasteiger partial charge in [0.1, 0.15) is 11.6 Å². The highest BCUT2D eigenvalue weighted by atomic mass is 19.1. The van der Waals surface area contributed by atoms with E-state index in [1.54, 1.807) is 43.7 Å². The van der Waals surface area contributed by atoms with E-state index in [1.165, 1.54) is 12.1 Å².